The molecule has 2 fully saturated rings. The number of hydrogen-bond donors (Lipinski definition) is 1. The highest BCUT2D eigenvalue weighted by Gasteiger charge is 2.40. The molecule has 2 aliphatic rings. The van der Waals surface area contributed by atoms with Crippen LogP contribution in [-0.4, -0.2) is 32.2 Å². The van der Waals surface area contributed by atoms with Crippen molar-refractivity contribution in [1.82, 2.24) is 4.90 Å². The Morgan fingerprint density at radius 2 is 2.00 bits per heavy atom. The zero-order valence-electron chi connectivity index (χ0n) is 18.2. The van der Waals surface area contributed by atoms with E-state index in [1.54, 1.807) is 11.0 Å². The number of thioether (sulfide) groups is 1. The molecular weight excluding hydrogens is 442 g/mol. The molecule has 0 spiro atoms. The molecule has 1 amide bonds. The van der Waals surface area contributed by atoms with Gasteiger partial charge in [-0.25, -0.2) is 0 Å². The molecule has 4 rings (SSSR count). The van der Waals surface area contributed by atoms with Gasteiger partial charge in [0, 0.05) is 17.7 Å². The molecule has 2 atom stereocenters. The predicted octanol–water partition coefficient (Wildman–Crippen LogP) is 5.99. The van der Waals surface area contributed by atoms with Gasteiger partial charge in [-0.1, -0.05) is 68.5 Å². The van der Waals surface area contributed by atoms with Crippen LogP contribution in [0.1, 0.15) is 50.9 Å². The summed E-state index contributed by atoms with van der Waals surface area (Å²) >= 11 is 6.72. The third-order valence-electron chi connectivity index (χ3n) is 5.97. The fraction of sp³-hybridized carbons (Fsp3) is 0.400. The van der Waals surface area contributed by atoms with E-state index >= 15 is 0 Å². The molecule has 5 nitrogen and oxygen atoms in total. The third-order valence-corrected chi connectivity index (χ3v) is 7.30. The van der Waals surface area contributed by atoms with Crippen molar-refractivity contribution in [2.45, 2.75) is 52.0 Å². The Labute approximate surface area is 197 Å². The van der Waals surface area contributed by atoms with Gasteiger partial charge in [0.15, 0.2) is 0 Å². The van der Waals surface area contributed by atoms with Crippen LogP contribution in [0.4, 0.5) is 0 Å². The number of carboxylic acid groups (broad SMARTS) is 1. The first-order valence-corrected chi connectivity index (χ1v) is 12.2. The lowest BCUT2D eigenvalue weighted by atomic mass is 9.85. The Morgan fingerprint density at radius 1 is 1.25 bits per heavy atom. The number of carboxylic acids is 1. The van der Waals surface area contributed by atoms with E-state index < -0.39 is 11.9 Å². The Kier molecular flexibility index (Phi) is 6.86. The van der Waals surface area contributed by atoms with Crippen LogP contribution in [0.3, 0.4) is 0 Å². The van der Waals surface area contributed by atoms with Crippen LogP contribution < -0.4 is 0 Å². The summed E-state index contributed by atoms with van der Waals surface area (Å²) in [7, 11) is 0. The molecule has 2 unspecified atom stereocenters. The number of rotatable bonds is 6. The van der Waals surface area contributed by atoms with Crippen LogP contribution >= 0.6 is 24.0 Å². The number of carbonyl (C=O) groups excluding carboxylic acids is 1. The van der Waals surface area contributed by atoms with E-state index in [1.807, 2.05) is 12.1 Å². The van der Waals surface area contributed by atoms with Crippen molar-refractivity contribution in [3.63, 3.8) is 0 Å². The first kappa shape index (κ1) is 22.8. The highest BCUT2D eigenvalue weighted by molar-refractivity contribution is 8.26. The molecule has 1 saturated heterocycles. The Bertz CT molecular complexity index is 1050. The van der Waals surface area contributed by atoms with E-state index in [0.29, 0.717) is 33.7 Å². The predicted molar refractivity (Wildman–Crippen MR) is 131 cm³/mol. The van der Waals surface area contributed by atoms with Gasteiger partial charge in [-0.3, -0.25) is 14.5 Å². The van der Waals surface area contributed by atoms with Crippen molar-refractivity contribution >= 4 is 46.3 Å². The van der Waals surface area contributed by atoms with Crippen molar-refractivity contribution in [2.24, 2.45) is 11.8 Å². The first-order chi connectivity index (χ1) is 15.3. The summed E-state index contributed by atoms with van der Waals surface area (Å²) < 4.78 is 6.47. The number of hydrogen-bond acceptors (Lipinski definition) is 5. The second kappa shape index (κ2) is 9.63. The number of amides is 1. The van der Waals surface area contributed by atoms with E-state index in [4.69, 9.17) is 16.6 Å². The summed E-state index contributed by atoms with van der Waals surface area (Å²) in [4.78, 5) is 26.6. The molecule has 0 bridgehead atoms. The Morgan fingerprint density at radius 3 is 2.69 bits per heavy atom. The Balaban J connectivity index is 1.48. The lowest BCUT2D eigenvalue weighted by Gasteiger charge is -2.32. The zero-order chi connectivity index (χ0) is 22.8. The number of aliphatic carboxylic acids is 1. The van der Waals surface area contributed by atoms with Gasteiger partial charge in [-0.05, 0) is 49.3 Å². The van der Waals surface area contributed by atoms with Crippen LogP contribution in [0.5, 0.6) is 0 Å². The van der Waals surface area contributed by atoms with Crippen LogP contribution in [0, 0.1) is 11.8 Å². The number of nitrogens with zero attached hydrogens (tertiary/aromatic N) is 1. The minimum absolute atomic E-state index is 0.153. The van der Waals surface area contributed by atoms with Crippen LogP contribution in [0.15, 0.2) is 45.7 Å². The lowest BCUT2D eigenvalue weighted by molar-refractivity contribution is -0.144. The number of thiocarbonyl (C=S) groups is 1. The normalized spacial score (nSPS) is 22.8. The zero-order valence-corrected chi connectivity index (χ0v) is 19.9. The maximum atomic E-state index is 13.1. The summed E-state index contributed by atoms with van der Waals surface area (Å²) in [5.41, 5.74) is 2.29. The average Bonchev–Trinajstić information content (AvgIpc) is 3.32. The fourth-order valence-electron chi connectivity index (χ4n) is 4.41. The molecule has 2 heterocycles. The van der Waals surface area contributed by atoms with Gasteiger partial charge in [0.1, 0.15) is 15.8 Å². The second-order valence-electron chi connectivity index (χ2n) is 8.90. The van der Waals surface area contributed by atoms with Crippen LogP contribution in [0.2, 0.25) is 0 Å². The quantitative estimate of drug-likeness (QED) is 0.414. The molecule has 1 aliphatic carbocycles. The van der Waals surface area contributed by atoms with Gasteiger partial charge < -0.3 is 9.52 Å². The van der Waals surface area contributed by atoms with Gasteiger partial charge in [0.2, 0.25) is 0 Å². The molecule has 1 aliphatic heterocycles. The van der Waals surface area contributed by atoms with Crippen LogP contribution in [0.25, 0.3) is 17.4 Å². The second-order valence-corrected chi connectivity index (χ2v) is 10.6. The van der Waals surface area contributed by atoms with Gasteiger partial charge in [-0.15, -0.1) is 0 Å². The maximum Gasteiger partial charge on any atom is 0.306 e. The summed E-state index contributed by atoms with van der Waals surface area (Å²) in [6, 6.07) is 12.0. The van der Waals surface area contributed by atoms with Gasteiger partial charge in [0.05, 0.1) is 10.8 Å². The monoisotopic (exact) mass is 469 g/mol. The summed E-state index contributed by atoms with van der Waals surface area (Å²) in [5, 5.41) is 9.36. The molecule has 7 heteroatoms. The molecule has 1 aromatic carbocycles. The third kappa shape index (κ3) is 4.99. The smallest absolute Gasteiger partial charge is 0.306 e. The molecule has 168 valence electrons. The van der Waals surface area contributed by atoms with Gasteiger partial charge >= 0.3 is 5.97 Å². The molecule has 0 radical (unpaired) electrons. The maximum absolute atomic E-state index is 13.1. The molecule has 1 aromatic heterocycles. The van der Waals surface area contributed by atoms with E-state index in [9.17, 15) is 14.7 Å². The molecule has 32 heavy (non-hydrogen) atoms. The SMILES string of the molecule is CC(C)Cc1ccc(-c2ccc(/C=C3/SC(=S)N(C4CCCC(C(=O)O)C4)C3=O)o2)cc1. The standard InChI is InChI=1S/C25H27NO4S2/c1-15(2)12-16-6-8-17(9-7-16)21-11-10-20(30-21)14-22-23(27)26(25(31)32-22)19-5-3-4-18(13-19)24(28)29/h6-11,14-15,18-19H,3-5,12-13H2,1-2H3,(H,28,29)/b22-14+. The first-order valence-electron chi connectivity index (χ1n) is 11.0. The number of benzene rings is 1. The van der Waals surface area contributed by atoms with Crippen molar-refractivity contribution < 1.29 is 19.1 Å². The molecular formula is C25H27NO4S2. The van der Waals surface area contributed by atoms with E-state index in [2.05, 4.69) is 38.1 Å². The van der Waals surface area contributed by atoms with Crippen molar-refractivity contribution in [1.29, 1.82) is 0 Å². The lowest BCUT2D eigenvalue weighted by Crippen LogP contribution is -2.42. The highest BCUT2D eigenvalue weighted by atomic mass is 32.2. The largest absolute Gasteiger partial charge is 0.481 e. The van der Waals surface area contributed by atoms with E-state index in [-0.39, 0.29) is 11.9 Å². The molecule has 2 aromatic rings. The minimum atomic E-state index is -0.795. The van der Waals surface area contributed by atoms with Crippen molar-refractivity contribution in [3.8, 4) is 11.3 Å². The highest BCUT2D eigenvalue weighted by Crippen LogP contribution is 2.39. The summed E-state index contributed by atoms with van der Waals surface area (Å²) in [6.07, 6.45) is 5.44. The van der Waals surface area contributed by atoms with E-state index in [0.717, 1.165) is 30.6 Å². The van der Waals surface area contributed by atoms with Gasteiger partial charge in [0.25, 0.3) is 5.91 Å². The summed E-state index contributed by atoms with van der Waals surface area (Å²) in [6.45, 7) is 4.40. The van der Waals surface area contributed by atoms with E-state index in [1.165, 1.54) is 17.3 Å². The summed E-state index contributed by atoms with van der Waals surface area (Å²) in [5.74, 6) is 0.585. The molecule has 1 saturated carbocycles. The van der Waals surface area contributed by atoms with Gasteiger partial charge in [-0.2, -0.15) is 0 Å². The average molecular weight is 470 g/mol. The van der Waals surface area contributed by atoms with Crippen molar-refractivity contribution in [3.05, 3.63) is 52.6 Å². The minimum Gasteiger partial charge on any atom is -0.481 e. The fourth-order valence-corrected chi connectivity index (χ4v) is 5.79. The topological polar surface area (TPSA) is 70.8 Å². The van der Waals surface area contributed by atoms with Crippen LogP contribution in [-0.2, 0) is 16.0 Å². The number of carbonyl (C=O) groups is 2. The number of furan rings is 1. The van der Waals surface area contributed by atoms with Crippen molar-refractivity contribution in [2.75, 3.05) is 0 Å². The molecule has 1 N–H and O–H groups in total. The Hall–Kier alpha value is -2.38.